The molecule has 7 nitrogen and oxygen atoms in total. The summed E-state index contributed by atoms with van der Waals surface area (Å²) in [6, 6.07) is 1.15. The normalized spacial score (nSPS) is 18.6. The predicted molar refractivity (Wildman–Crippen MR) is 109 cm³/mol. The molecule has 0 unspecified atom stereocenters. The molecule has 0 amide bonds. The molecule has 9 heteroatoms. The van der Waals surface area contributed by atoms with E-state index in [1.165, 1.54) is 13.3 Å². The number of nitrogens with one attached hydrogen (secondary N) is 1. The standard InChI is InChI=1S/C21H25F2N3O4/c1-24-21(11-22)5-7-25(8-6-21)17-15(23)9-13-16(19(17)30-2)26(12-3-4-12)10-14(18(13)27)20(28)29/h9-10,12,24H,3-8,11H2,1-2H3,(H,28,29). The highest BCUT2D eigenvalue weighted by Crippen LogP contribution is 2.44. The van der Waals surface area contributed by atoms with Crippen molar-refractivity contribution in [2.24, 2.45) is 0 Å². The van der Waals surface area contributed by atoms with Crippen molar-refractivity contribution in [3.63, 3.8) is 0 Å². The third kappa shape index (κ3) is 3.21. The van der Waals surface area contributed by atoms with Gasteiger partial charge in [-0.2, -0.15) is 0 Å². The molecular formula is C21H25F2N3O4. The van der Waals surface area contributed by atoms with E-state index in [1.54, 1.807) is 11.6 Å². The number of anilines is 1. The Morgan fingerprint density at radius 3 is 2.53 bits per heavy atom. The summed E-state index contributed by atoms with van der Waals surface area (Å²) in [5, 5.41) is 12.5. The summed E-state index contributed by atoms with van der Waals surface area (Å²) in [6.45, 7) is 0.336. The van der Waals surface area contributed by atoms with Crippen molar-refractivity contribution in [3.8, 4) is 5.75 Å². The number of pyridine rings is 1. The van der Waals surface area contributed by atoms with E-state index in [4.69, 9.17) is 4.74 Å². The first-order valence-electron chi connectivity index (χ1n) is 10.0. The highest BCUT2D eigenvalue weighted by Gasteiger charge is 2.36. The number of carboxylic acids is 1. The zero-order chi connectivity index (χ0) is 21.6. The van der Waals surface area contributed by atoms with Gasteiger partial charge in [-0.3, -0.25) is 4.79 Å². The SMILES string of the molecule is CNC1(CF)CCN(c2c(F)cc3c(=O)c(C(=O)O)cn(C4CC4)c3c2OC)CC1. The maximum Gasteiger partial charge on any atom is 0.341 e. The van der Waals surface area contributed by atoms with Crippen LogP contribution in [0.15, 0.2) is 17.1 Å². The van der Waals surface area contributed by atoms with E-state index in [-0.39, 0.29) is 28.4 Å². The number of hydrogen-bond donors (Lipinski definition) is 2. The minimum Gasteiger partial charge on any atom is -0.492 e. The number of ether oxygens (including phenoxy) is 1. The van der Waals surface area contributed by atoms with Crippen LogP contribution in [0.25, 0.3) is 10.9 Å². The third-order valence-electron chi connectivity index (χ3n) is 6.40. The summed E-state index contributed by atoms with van der Waals surface area (Å²) < 4.78 is 36.1. The van der Waals surface area contributed by atoms with Gasteiger partial charge >= 0.3 is 5.97 Å². The highest BCUT2D eigenvalue weighted by atomic mass is 19.1. The van der Waals surface area contributed by atoms with E-state index in [0.717, 1.165) is 18.9 Å². The van der Waals surface area contributed by atoms with Crippen molar-refractivity contribution in [2.45, 2.75) is 37.3 Å². The topological polar surface area (TPSA) is 83.8 Å². The van der Waals surface area contributed by atoms with Crippen LogP contribution in [0.1, 0.15) is 42.1 Å². The van der Waals surface area contributed by atoms with Gasteiger partial charge < -0.3 is 24.6 Å². The lowest BCUT2D eigenvalue weighted by Gasteiger charge is -2.41. The Labute approximate surface area is 172 Å². The lowest BCUT2D eigenvalue weighted by Crippen LogP contribution is -2.53. The van der Waals surface area contributed by atoms with Crippen LogP contribution in [0.5, 0.6) is 5.75 Å². The fourth-order valence-electron chi connectivity index (χ4n) is 4.33. The van der Waals surface area contributed by atoms with Crippen LogP contribution in [0.3, 0.4) is 0 Å². The molecule has 1 saturated heterocycles. The van der Waals surface area contributed by atoms with Gasteiger partial charge in [0.1, 0.15) is 17.9 Å². The molecule has 0 spiro atoms. The van der Waals surface area contributed by atoms with Gasteiger partial charge in [-0.15, -0.1) is 0 Å². The van der Waals surface area contributed by atoms with E-state index < -0.39 is 29.4 Å². The molecule has 2 heterocycles. The Morgan fingerprint density at radius 1 is 1.37 bits per heavy atom. The highest BCUT2D eigenvalue weighted by molar-refractivity contribution is 5.97. The van der Waals surface area contributed by atoms with Gasteiger partial charge in [0, 0.05) is 30.9 Å². The number of fused-ring (bicyclic) bond motifs is 1. The van der Waals surface area contributed by atoms with E-state index in [1.807, 2.05) is 4.90 Å². The second-order valence-electron chi connectivity index (χ2n) is 8.10. The van der Waals surface area contributed by atoms with Crippen LogP contribution in [0, 0.1) is 5.82 Å². The number of halogens is 2. The van der Waals surface area contributed by atoms with Crippen LogP contribution < -0.4 is 20.4 Å². The predicted octanol–water partition coefficient (Wildman–Crippen LogP) is 2.71. The van der Waals surface area contributed by atoms with Crippen LogP contribution in [-0.2, 0) is 0 Å². The maximum atomic E-state index is 15.3. The number of aromatic nitrogens is 1. The van der Waals surface area contributed by atoms with Gasteiger partial charge in [-0.1, -0.05) is 0 Å². The first-order valence-corrected chi connectivity index (χ1v) is 10.0. The number of carbonyl (C=O) groups is 1. The fraction of sp³-hybridized carbons (Fsp3) is 0.524. The number of carboxylic acid groups (broad SMARTS) is 1. The molecule has 1 aliphatic heterocycles. The molecule has 0 bridgehead atoms. The van der Waals surface area contributed by atoms with E-state index in [9.17, 15) is 19.1 Å². The monoisotopic (exact) mass is 421 g/mol. The van der Waals surface area contributed by atoms with Crippen LogP contribution in [-0.4, -0.2) is 55.1 Å². The van der Waals surface area contributed by atoms with Gasteiger partial charge in [0.25, 0.3) is 0 Å². The summed E-state index contributed by atoms with van der Waals surface area (Å²) in [4.78, 5) is 26.1. The zero-order valence-electron chi connectivity index (χ0n) is 17.0. The number of alkyl halides is 1. The van der Waals surface area contributed by atoms with Gasteiger partial charge in [0.15, 0.2) is 11.6 Å². The summed E-state index contributed by atoms with van der Waals surface area (Å²) in [6.07, 6.45) is 4.01. The van der Waals surface area contributed by atoms with Crippen molar-refractivity contribution < 1.29 is 23.4 Å². The molecule has 2 fully saturated rings. The molecule has 1 aromatic carbocycles. The molecule has 162 valence electrons. The van der Waals surface area contributed by atoms with E-state index in [0.29, 0.717) is 31.4 Å². The summed E-state index contributed by atoms with van der Waals surface area (Å²) in [5.41, 5.74) is -1.11. The molecule has 30 heavy (non-hydrogen) atoms. The van der Waals surface area contributed by atoms with Gasteiger partial charge in [-0.25, -0.2) is 13.6 Å². The van der Waals surface area contributed by atoms with Crippen molar-refractivity contribution in [1.29, 1.82) is 0 Å². The lowest BCUT2D eigenvalue weighted by atomic mass is 9.88. The summed E-state index contributed by atoms with van der Waals surface area (Å²) in [5.74, 6) is -1.79. The Morgan fingerprint density at radius 2 is 2.03 bits per heavy atom. The average molecular weight is 421 g/mol. The van der Waals surface area contributed by atoms with Crippen LogP contribution >= 0.6 is 0 Å². The molecule has 1 aliphatic carbocycles. The first kappa shape index (κ1) is 20.6. The second-order valence-corrected chi connectivity index (χ2v) is 8.10. The molecular weight excluding hydrogens is 396 g/mol. The molecule has 2 aliphatic rings. The first-order chi connectivity index (χ1) is 14.4. The Hall–Kier alpha value is -2.68. The minimum atomic E-state index is -1.34. The second kappa shape index (κ2) is 7.54. The fourth-order valence-corrected chi connectivity index (χ4v) is 4.33. The molecule has 4 rings (SSSR count). The average Bonchev–Trinajstić information content (AvgIpc) is 3.59. The number of nitrogens with zero attached hydrogens (tertiary/aromatic N) is 2. The van der Waals surface area contributed by atoms with E-state index >= 15 is 4.39 Å². The summed E-state index contributed by atoms with van der Waals surface area (Å²) >= 11 is 0. The number of hydrogen-bond acceptors (Lipinski definition) is 5. The van der Waals surface area contributed by atoms with Crippen molar-refractivity contribution in [3.05, 3.63) is 33.9 Å². The smallest absolute Gasteiger partial charge is 0.341 e. The minimum absolute atomic E-state index is 0.00904. The molecule has 2 aromatic rings. The Kier molecular flexibility index (Phi) is 5.17. The van der Waals surface area contributed by atoms with Crippen molar-refractivity contribution in [1.82, 2.24) is 9.88 Å². The molecule has 1 saturated carbocycles. The lowest BCUT2D eigenvalue weighted by molar-refractivity contribution is 0.0695. The van der Waals surface area contributed by atoms with Gasteiger partial charge in [-0.05, 0) is 38.8 Å². The zero-order valence-corrected chi connectivity index (χ0v) is 17.0. The number of aromatic carboxylic acids is 1. The number of benzene rings is 1. The van der Waals surface area contributed by atoms with Gasteiger partial charge in [0.05, 0.1) is 18.0 Å². The van der Waals surface area contributed by atoms with Crippen LogP contribution in [0.4, 0.5) is 14.5 Å². The molecule has 2 N–H and O–H groups in total. The Bertz CT molecular complexity index is 1050. The molecule has 0 radical (unpaired) electrons. The molecule has 0 atom stereocenters. The van der Waals surface area contributed by atoms with Crippen LogP contribution in [0.2, 0.25) is 0 Å². The van der Waals surface area contributed by atoms with Crippen molar-refractivity contribution >= 4 is 22.6 Å². The number of rotatable bonds is 6. The molecule has 1 aromatic heterocycles. The third-order valence-corrected chi connectivity index (χ3v) is 6.40. The maximum absolute atomic E-state index is 15.3. The largest absolute Gasteiger partial charge is 0.492 e. The Balaban J connectivity index is 1.89. The van der Waals surface area contributed by atoms with E-state index in [2.05, 4.69) is 5.32 Å². The van der Waals surface area contributed by atoms with Crippen molar-refractivity contribution in [2.75, 3.05) is 38.8 Å². The quantitative estimate of drug-likeness (QED) is 0.746. The van der Waals surface area contributed by atoms with Gasteiger partial charge in [0.2, 0.25) is 5.43 Å². The number of piperidine rings is 1. The summed E-state index contributed by atoms with van der Waals surface area (Å²) in [7, 11) is 3.13. The number of methoxy groups -OCH3 is 1.